The van der Waals surface area contributed by atoms with Gasteiger partial charge in [-0.2, -0.15) is 0 Å². The summed E-state index contributed by atoms with van der Waals surface area (Å²) < 4.78 is 5.53. The summed E-state index contributed by atoms with van der Waals surface area (Å²) in [5, 5.41) is 0. The number of piperidine rings is 1. The molecular formula is C11H24N2O. The van der Waals surface area contributed by atoms with Gasteiger partial charge in [0.05, 0.1) is 12.7 Å². The van der Waals surface area contributed by atoms with Crippen molar-refractivity contribution >= 4 is 0 Å². The third-order valence-corrected chi connectivity index (χ3v) is 2.90. The first kappa shape index (κ1) is 12.0. The van der Waals surface area contributed by atoms with Crippen LogP contribution in [-0.4, -0.2) is 43.8 Å². The first-order valence-electron chi connectivity index (χ1n) is 5.76. The first-order valence-corrected chi connectivity index (χ1v) is 5.76. The van der Waals surface area contributed by atoms with E-state index in [1.807, 2.05) is 0 Å². The molecule has 0 saturated carbocycles. The Morgan fingerprint density at radius 2 is 2.00 bits per heavy atom. The maximum atomic E-state index is 5.65. The quantitative estimate of drug-likeness (QED) is 0.722. The number of rotatable bonds is 5. The fraction of sp³-hybridized carbons (Fsp3) is 1.00. The molecule has 0 radical (unpaired) electrons. The standard InChI is InChI=1S/C11H24N2O/c1-10(2)14-8-7-13-5-3-11(9-12)4-6-13/h10-11H,3-9,12H2,1-2H3. The van der Waals surface area contributed by atoms with Crippen LogP contribution < -0.4 is 5.73 Å². The molecule has 1 aliphatic heterocycles. The minimum atomic E-state index is 0.358. The van der Waals surface area contributed by atoms with Crippen molar-refractivity contribution < 1.29 is 4.74 Å². The molecule has 84 valence electrons. The second-order valence-electron chi connectivity index (χ2n) is 4.44. The van der Waals surface area contributed by atoms with E-state index in [2.05, 4.69) is 18.7 Å². The molecule has 1 heterocycles. The first-order chi connectivity index (χ1) is 6.72. The number of ether oxygens (including phenoxy) is 1. The second-order valence-corrected chi connectivity index (χ2v) is 4.44. The molecule has 1 aliphatic rings. The molecule has 2 N–H and O–H groups in total. The van der Waals surface area contributed by atoms with Crippen LogP contribution in [0.5, 0.6) is 0 Å². The highest BCUT2D eigenvalue weighted by molar-refractivity contribution is 4.72. The topological polar surface area (TPSA) is 38.5 Å². The average Bonchev–Trinajstić information content (AvgIpc) is 2.18. The summed E-state index contributed by atoms with van der Waals surface area (Å²) in [6.07, 6.45) is 2.88. The van der Waals surface area contributed by atoms with Gasteiger partial charge in [-0.15, -0.1) is 0 Å². The fourth-order valence-electron chi connectivity index (χ4n) is 1.86. The van der Waals surface area contributed by atoms with Crippen molar-refractivity contribution in [2.45, 2.75) is 32.8 Å². The molecule has 14 heavy (non-hydrogen) atoms. The summed E-state index contributed by atoms with van der Waals surface area (Å²) in [4.78, 5) is 2.48. The molecule has 1 rings (SSSR count). The molecule has 0 aliphatic carbocycles. The average molecular weight is 200 g/mol. The molecule has 0 unspecified atom stereocenters. The van der Waals surface area contributed by atoms with E-state index in [1.165, 1.54) is 25.9 Å². The Balaban J connectivity index is 2.04. The SMILES string of the molecule is CC(C)OCCN1CCC(CN)CC1. The molecular weight excluding hydrogens is 176 g/mol. The van der Waals surface area contributed by atoms with Crippen LogP contribution in [0.25, 0.3) is 0 Å². The van der Waals surface area contributed by atoms with Crippen molar-refractivity contribution in [3.8, 4) is 0 Å². The van der Waals surface area contributed by atoms with Gasteiger partial charge in [-0.1, -0.05) is 0 Å². The zero-order valence-electron chi connectivity index (χ0n) is 9.54. The Labute approximate surface area is 87.6 Å². The van der Waals surface area contributed by atoms with Crippen LogP contribution in [0, 0.1) is 5.92 Å². The summed E-state index contributed by atoms with van der Waals surface area (Å²) in [7, 11) is 0. The van der Waals surface area contributed by atoms with Crippen molar-refractivity contribution in [3.63, 3.8) is 0 Å². The van der Waals surface area contributed by atoms with Gasteiger partial charge in [0.15, 0.2) is 0 Å². The second kappa shape index (κ2) is 6.38. The molecule has 3 heteroatoms. The highest BCUT2D eigenvalue weighted by Gasteiger charge is 2.17. The van der Waals surface area contributed by atoms with Gasteiger partial charge in [-0.05, 0) is 52.2 Å². The van der Waals surface area contributed by atoms with Crippen LogP contribution in [0.3, 0.4) is 0 Å². The van der Waals surface area contributed by atoms with Crippen LogP contribution >= 0.6 is 0 Å². The summed E-state index contributed by atoms with van der Waals surface area (Å²) in [6, 6.07) is 0. The smallest absolute Gasteiger partial charge is 0.0596 e. The van der Waals surface area contributed by atoms with Crippen molar-refractivity contribution in [1.29, 1.82) is 0 Å². The van der Waals surface area contributed by atoms with Crippen molar-refractivity contribution in [1.82, 2.24) is 4.90 Å². The normalized spacial score (nSPS) is 20.6. The fourth-order valence-corrected chi connectivity index (χ4v) is 1.86. The van der Waals surface area contributed by atoms with Crippen LogP contribution in [0.15, 0.2) is 0 Å². The van der Waals surface area contributed by atoms with E-state index in [-0.39, 0.29) is 0 Å². The van der Waals surface area contributed by atoms with Crippen LogP contribution in [0.4, 0.5) is 0 Å². The van der Waals surface area contributed by atoms with E-state index in [9.17, 15) is 0 Å². The predicted molar refractivity (Wildman–Crippen MR) is 59.3 cm³/mol. The highest BCUT2D eigenvalue weighted by atomic mass is 16.5. The van der Waals surface area contributed by atoms with Crippen LogP contribution in [0.2, 0.25) is 0 Å². The molecule has 0 aromatic heterocycles. The van der Waals surface area contributed by atoms with Crippen LogP contribution in [0.1, 0.15) is 26.7 Å². The van der Waals surface area contributed by atoms with Gasteiger partial charge in [-0.3, -0.25) is 0 Å². The molecule has 1 fully saturated rings. The van der Waals surface area contributed by atoms with Crippen molar-refractivity contribution in [2.75, 3.05) is 32.8 Å². The van der Waals surface area contributed by atoms with Crippen molar-refractivity contribution in [3.05, 3.63) is 0 Å². The van der Waals surface area contributed by atoms with E-state index >= 15 is 0 Å². The minimum absolute atomic E-state index is 0.358. The van der Waals surface area contributed by atoms with Gasteiger partial charge in [-0.25, -0.2) is 0 Å². The summed E-state index contributed by atoms with van der Waals surface area (Å²) >= 11 is 0. The Hall–Kier alpha value is -0.120. The molecule has 0 aromatic carbocycles. The molecule has 0 atom stereocenters. The lowest BCUT2D eigenvalue weighted by molar-refractivity contribution is 0.0512. The van der Waals surface area contributed by atoms with E-state index < -0.39 is 0 Å². The molecule has 1 saturated heterocycles. The highest BCUT2D eigenvalue weighted by Crippen LogP contribution is 2.15. The van der Waals surface area contributed by atoms with E-state index in [0.29, 0.717) is 6.10 Å². The van der Waals surface area contributed by atoms with Crippen LogP contribution in [-0.2, 0) is 4.74 Å². The zero-order chi connectivity index (χ0) is 10.4. The zero-order valence-corrected chi connectivity index (χ0v) is 9.54. The van der Waals surface area contributed by atoms with Gasteiger partial charge in [0.25, 0.3) is 0 Å². The third-order valence-electron chi connectivity index (χ3n) is 2.90. The molecule has 0 bridgehead atoms. The number of hydrogen-bond acceptors (Lipinski definition) is 3. The number of hydrogen-bond donors (Lipinski definition) is 1. The van der Waals surface area contributed by atoms with Gasteiger partial charge in [0, 0.05) is 6.54 Å². The predicted octanol–water partition coefficient (Wildman–Crippen LogP) is 1.08. The lowest BCUT2D eigenvalue weighted by Gasteiger charge is -2.31. The monoisotopic (exact) mass is 200 g/mol. The molecule has 0 aromatic rings. The summed E-state index contributed by atoms with van der Waals surface area (Å²) in [6.45, 7) is 9.37. The van der Waals surface area contributed by atoms with Gasteiger partial charge in [0.2, 0.25) is 0 Å². The Kier molecular flexibility index (Phi) is 5.45. The molecule has 3 nitrogen and oxygen atoms in total. The Morgan fingerprint density at radius 1 is 1.36 bits per heavy atom. The lowest BCUT2D eigenvalue weighted by atomic mass is 9.97. The number of nitrogens with two attached hydrogens (primary N) is 1. The van der Waals surface area contributed by atoms with Gasteiger partial charge < -0.3 is 15.4 Å². The van der Waals surface area contributed by atoms with Gasteiger partial charge >= 0.3 is 0 Å². The maximum Gasteiger partial charge on any atom is 0.0596 e. The van der Waals surface area contributed by atoms with E-state index in [4.69, 9.17) is 10.5 Å². The molecule has 0 amide bonds. The van der Waals surface area contributed by atoms with E-state index in [0.717, 1.165) is 25.6 Å². The summed E-state index contributed by atoms with van der Waals surface area (Å²) in [5.74, 6) is 0.761. The lowest BCUT2D eigenvalue weighted by Crippen LogP contribution is -2.38. The Morgan fingerprint density at radius 3 is 2.50 bits per heavy atom. The number of likely N-dealkylation sites (tertiary alicyclic amines) is 1. The van der Waals surface area contributed by atoms with Crippen molar-refractivity contribution in [2.24, 2.45) is 11.7 Å². The third kappa shape index (κ3) is 4.40. The largest absolute Gasteiger partial charge is 0.377 e. The Bertz CT molecular complexity index is 142. The molecule has 0 spiro atoms. The maximum absolute atomic E-state index is 5.65. The van der Waals surface area contributed by atoms with Gasteiger partial charge in [0.1, 0.15) is 0 Å². The number of nitrogens with zero attached hydrogens (tertiary/aromatic N) is 1. The summed E-state index contributed by atoms with van der Waals surface area (Å²) in [5.41, 5.74) is 5.65. The minimum Gasteiger partial charge on any atom is -0.377 e. The van der Waals surface area contributed by atoms with E-state index in [1.54, 1.807) is 0 Å².